The number of fused-ring (bicyclic) bond motifs is 1. The van der Waals surface area contributed by atoms with Gasteiger partial charge in [-0.2, -0.15) is 26.3 Å². The SMILES string of the molecule is FC(F)(F)Cn1c(C(F)(F)F)nc2cnc(Cl)cc21. The maximum atomic E-state index is 12.7. The Hall–Kier alpha value is -1.51. The van der Waals surface area contributed by atoms with Gasteiger partial charge in [-0.3, -0.25) is 0 Å². The van der Waals surface area contributed by atoms with E-state index in [1.807, 2.05) is 0 Å². The second-order valence-electron chi connectivity index (χ2n) is 3.63. The van der Waals surface area contributed by atoms with E-state index in [1.54, 1.807) is 0 Å². The molecular formula is C9H4ClF6N3. The quantitative estimate of drug-likeness (QED) is 0.594. The van der Waals surface area contributed by atoms with Gasteiger partial charge in [-0.05, 0) is 0 Å². The standard InChI is InChI=1S/C9H4ClF6N3/c10-6-1-5-4(2-17-6)18-7(9(14,15)16)19(5)3-8(11,12)13/h1-2H,3H2. The van der Waals surface area contributed by atoms with E-state index < -0.39 is 24.7 Å². The molecule has 0 fully saturated rings. The molecule has 0 aliphatic heterocycles. The minimum atomic E-state index is -5.00. The first-order chi connectivity index (χ1) is 8.58. The van der Waals surface area contributed by atoms with E-state index in [0.717, 1.165) is 12.3 Å². The van der Waals surface area contributed by atoms with E-state index in [4.69, 9.17) is 11.6 Å². The Balaban J connectivity index is 2.70. The zero-order chi connectivity index (χ0) is 14.4. The predicted octanol–water partition coefficient (Wildman–Crippen LogP) is 3.67. The van der Waals surface area contributed by atoms with E-state index >= 15 is 0 Å². The van der Waals surface area contributed by atoms with E-state index in [-0.39, 0.29) is 20.8 Å². The van der Waals surface area contributed by atoms with Gasteiger partial charge in [-0.25, -0.2) is 9.97 Å². The van der Waals surface area contributed by atoms with Crippen LogP contribution in [-0.2, 0) is 12.7 Å². The van der Waals surface area contributed by atoms with Gasteiger partial charge < -0.3 is 4.57 Å². The van der Waals surface area contributed by atoms with E-state index in [9.17, 15) is 26.3 Å². The summed E-state index contributed by atoms with van der Waals surface area (Å²) in [6, 6.07) is 0.908. The number of imidazole rings is 1. The molecular weight excluding hydrogens is 300 g/mol. The maximum Gasteiger partial charge on any atom is 0.449 e. The highest BCUT2D eigenvalue weighted by molar-refractivity contribution is 6.29. The summed E-state index contributed by atoms with van der Waals surface area (Å²) in [7, 11) is 0. The highest BCUT2D eigenvalue weighted by atomic mass is 35.5. The normalized spacial score (nSPS) is 13.2. The molecule has 0 radical (unpaired) electrons. The third-order valence-electron chi connectivity index (χ3n) is 2.19. The first kappa shape index (κ1) is 13.9. The van der Waals surface area contributed by atoms with Crippen LogP contribution >= 0.6 is 11.6 Å². The fraction of sp³-hybridized carbons (Fsp3) is 0.333. The Morgan fingerprint density at radius 1 is 1.16 bits per heavy atom. The molecule has 0 saturated heterocycles. The van der Waals surface area contributed by atoms with Crippen molar-refractivity contribution in [2.24, 2.45) is 0 Å². The molecule has 0 spiro atoms. The maximum absolute atomic E-state index is 12.7. The van der Waals surface area contributed by atoms with Gasteiger partial charge in [0.2, 0.25) is 5.82 Å². The van der Waals surface area contributed by atoms with E-state index in [2.05, 4.69) is 9.97 Å². The zero-order valence-electron chi connectivity index (χ0n) is 8.85. The molecule has 0 atom stereocenters. The van der Waals surface area contributed by atoms with E-state index in [0.29, 0.717) is 0 Å². The number of aromatic nitrogens is 3. The number of alkyl halides is 6. The molecule has 2 heterocycles. The summed E-state index contributed by atoms with van der Waals surface area (Å²) >= 11 is 5.47. The van der Waals surface area contributed by atoms with Crippen LogP contribution in [0.15, 0.2) is 12.3 Å². The van der Waals surface area contributed by atoms with Crippen molar-refractivity contribution in [3.63, 3.8) is 0 Å². The van der Waals surface area contributed by atoms with Crippen molar-refractivity contribution in [3.8, 4) is 0 Å². The average Bonchev–Trinajstić information content (AvgIpc) is 2.54. The molecule has 0 amide bonds. The molecule has 0 bridgehead atoms. The van der Waals surface area contributed by atoms with Crippen molar-refractivity contribution < 1.29 is 26.3 Å². The summed E-state index contributed by atoms with van der Waals surface area (Å²) in [5, 5.41) is -0.218. The summed E-state index contributed by atoms with van der Waals surface area (Å²) in [5.74, 6) is -1.64. The van der Waals surface area contributed by atoms with Gasteiger partial charge in [-0.15, -0.1) is 0 Å². The largest absolute Gasteiger partial charge is 0.449 e. The fourth-order valence-corrected chi connectivity index (χ4v) is 1.71. The summed E-state index contributed by atoms with van der Waals surface area (Å²) < 4.78 is 75.1. The van der Waals surface area contributed by atoms with Gasteiger partial charge >= 0.3 is 12.4 Å². The molecule has 0 aromatic carbocycles. The molecule has 2 aromatic heterocycles. The highest BCUT2D eigenvalue weighted by Gasteiger charge is 2.40. The van der Waals surface area contributed by atoms with Crippen LogP contribution in [0.1, 0.15) is 5.82 Å². The lowest BCUT2D eigenvalue weighted by Gasteiger charge is -2.13. The van der Waals surface area contributed by atoms with Gasteiger partial charge in [0, 0.05) is 6.07 Å². The van der Waals surface area contributed by atoms with Crippen molar-refractivity contribution in [3.05, 3.63) is 23.2 Å². The number of halogens is 7. The van der Waals surface area contributed by atoms with Gasteiger partial charge in [-0.1, -0.05) is 11.6 Å². The number of nitrogens with zero attached hydrogens (tertiary/aromatic N) is 3. The molecule has 19 heavy (non-hydrogen) atoms. The highest BCUT2D eigenvalue weighted by Crippen LogP contribution is 2.33. The molecule has 0 aliphatic carbocycles. The minimum absolute atomic E-state index is 0.0306. The topological polar surface area (TPSA) is 30.7 Å². The number of hydrogen-bond donors (Lipinski definition) is 0. The summed E-state index contributed by atoms with van der Waals surface area (Å²) in [5.41, 5.74) is -0.675. The third-order valence-corrected chi connectivity index (χ3v) is 2.40. The van der Waals surface area contributed by atoms with Crippen molar-refractivity contribution in [1.29, 1.82) is 0 Å². The molecule has 0 N–H and O–H groups in total. The number of hydrogen-bond acceptors (Lipinski definition) is 2. The lowest BCUT2D eigenvalue weighted by Crippen LogP contribution is -2.23. The first-order valence-corrected chi connectivity index (χ1v) is 5.11. The van der Waals surface area contributed by atoms with Crippen molar-refractivity contribution in [2.75, 3.05) is 0 Å². The van der Waals surface area contributed by atoms with Crippen LogP contribution in [-0.4, -0.2) is 20.7 Å². The van der Waals surface area contributed by atoms with Gasteiger partial charge in [0.15, 0.2) is 0 Å². The number of rotatable bonds is 1. The molecule has 0 saturated carbocycles. The predicted molar refractivity (Wildman–Crippen MR) is 53.6 cm³/mol. The molecule has 2 rings (SSSR count). The Morgan fingerprint density at radius 3 is 2.32 bits per heavy atom. The number of pyridine rings is 1. The van der Waals surface area contributed by atoms with E-state index in [1.165, 1.54) is 0 Å². The summed E-state index contributed by atoms with van der Waals surface area (Å²) in [6.07, 6.45) is -8.93. The fourth-order valence-electron chi connectivity index (χ4n) is 1.56. The monoisotopic (exact) mass is 303 g/mol. The molecule has 0 aliphatic rings. The lowest BCUT2D eigenvalue weighted by atomic mass is 10.4. The van der Waals surface area contributed by atoms with Crippen LogP contribution in [0.5, 0.6) is 0 Å². The molecule has 2 aromatic rings. The van der Waals surface area contributed by atoms with Crippen LogP contribution in [0.2, 0.25) is 5.15 Å². The third kappa shape index (κ3) is 2.91. The van der Waals surface area contributed by atoms with Crippen molar-refractivity contribution in [1.82, 2.24) is 14.5 Å². The Labute approximate surface area is 106 Å². The summed E-state index contributed by atoms with van der Waals surface area (Å²) in [4.78, 5) is 6.61. The van der Waals surface area contributed by atoms with Crippen LogP contribution in [0.3, 0.4) is 0 Å². The summed E-state index contributed by atoms with van der Waals surface area (Å²) in [6.45, 7) is -1.81. The lowest BCUT2D eigenvalue weighted by molar-refractivity contribution is -0.160. The molecule has 3 nitrogen and oxygen atoms in total. The van der Waals surface area contributed by atoms with Crippen LogP contribution in [0.25, 0.3) is 11.0 Å². The van der Waals surface area contributed by atoms with Crippen LogP contribution in [0, 0.1) is 0 Å². The molecule has 10 heteroatoms. The van der Waals surface area contributed by atoms with Gasteiger partial charge in [0.1, 0.15) is 17.2 Å². The average molecular weight is 304 g/mol. The minimum Gasteiger partial charge on any atom is -0.311 e. The van der Waals surface area contributed by atoms with Crippen molar-refractivity contribution in [2.45, 2.75) is 18.9 Å². The Bertz CT molecular complexity index is 615. The van der Waals surface area contributed by atoms with Crippen molar-refractivity contribution >= 4 is 22.6 Å². The smallest absolute Gasteiger partial charge is 0.311 e. The Kier molecular flexibility index (Phi) is 3.12. The second-order valence-corrected chi connectivity index (χ2v) is 4.02. The molecule has 0 unspecified atom stereocenters. The van der Waals surface area contributed by atoms with Gasteiger partial charge in [0.05, 0.1) is 11.7 Å². The van der Waals surface area contributed by atoms with Gasteiger partial charge in [0.25, 0.3) is 0 Å². The van der Waals surface area contributed by atoms with Crippen LogP contribution < -0.4 is 0 Å². The zero-order valence-corrected chi connectivity index (χ0v) is 9.61. The van der Waals surface area contributed by atoms with Crippen LogP contribution in [0.4, 0.5) is 26.3 Å². The molecule has 104 valence electrons. The Morgan fingerprint density at radius 2 is 1.79 bits per heavy atom. The first-order valence-electron chi connectivity index (χ1n) is 4.73. The second kappa shape index (κ2) is 4.26.